The van der Waals surface area contributed by atoms with Crippen molar-refractivity contribution in [3.63, 3.8) is 0 Å². The summed E-state index contributed by atoms with van der Waals surface area (Å²) in [6, 6.07) is 0. The van der Waals surface area contributed by atoms with E-state index in [0.29, 0.717) is 0 Å². The molecule has 33 heavy (non-hydrogen) atoms. The van der Waals surface area contributed by atoms with Gasteiger partial charge in [-0.25, -0.2) is 0 Å². The maximum atomic E-state index is 2.22. The molecule has 0 amide bonds. The van der Waals surface area contributed by atoms with Gasteiger partial charge in [0.05, 0.1) is 0 Å². The molecule has 0 aliphatic heterocycles. The molecular weight excluding hydrogens is 396 g/mol. The molecule has 0 bridgehead atoms. The van der Waals surface area contributed by atoms with E-state index in [1.54, 1.807) is 0 Å². The zero-order chi connectivity index (χ0) is 29.4. The predicted octanol–water partition coefficient (Wildman–Crippen LogP) is 14.4. The molecule has 0 spiro atoms. The number of hydrogen-bond donors (Lipinski definition) is 0. The molecule has 0 rings (SSSR count). The van der Waals surface area contributed by atoms with Crippen molar-refractivity contribution in [1.82, 2.24) is 0 Å². The van der Waals surface area contributed by atoms with E-state index in [-0.39, 0.29) is 0 Å². The minimum Gasteiger partial charge on any atom is -0.0683 e. The second kappa shape index (κ2) is 76.9. The first kappa shape index (κ1) is 58.7. The Morgan fingerprint density at radius 1 is 0.242 bits per heavy atom. The van der Waals surface area contributed by atoms with Crippen LogP contribution >= 0.6 is 0 Å². The molecule has 0 aromatic rings. The highest BCUT2D eigenvalue weighted by atomic mass is 13.9. The second-order valence-corrected chi connectivity index (χ2v) is 9.01. The van der Waals surface area contributed by atoms with Crippen molar-refractivity contribution in [1.29, 1.82) is 0 Å². The van der Waals surface area contributed by atoms with E-state index < -0.39 is 0 Å². The van der Waals surface area contributed by atoms with Gasteiger partial charge in [-0.05, 0) is 29.6 Å². The van der Waals surface area contributed by atoms with Gasteiger partial charge in [0.15, 0.2) is 0 Å². The van der Waals surface area contributed by atoms with Crippen LogP contribution < -0.4 is 0 Å². The molecule has 216 valence electrons. The molecular formula is C33H84. The first-order valence-corrected chi connectivity index (χ1v) is 15.4. The fourth-order valence-corrected chi connectivity index (χ4v) is 0. The molecule has 0 N–H and O–H groups in total. The molecule has 0 fully saturated rings. The zero-order valence-corrected chi connectivity index (χ0v) is 29.4. The third kappa shape index (κ3) is 288. The standard InChI is InChI=1S/5C5H12.4C2H6/c5*1-4-5(2)3;4*1-2/h5*5H,4H2,1-3H3;4*1-2H3. The van der Waals surface area contributed by atoms with Crippen LogP contribution in [-0.4, -0.2) is 0 Å². The molecule has 0 aliphatic rings. The highest BCUT2D eigenvalue weighted by molar-refractivity contribution is 4.34. The van der Waals surface area contributed by atoms with E-state index in [4.69, 9.17) is 0 Å². The Balaban J connectivity index is -0.0000000289. The largest absolute Gasteiger partial charge is 0.0683 e. The Kier molecular flexibility index (Phi) is 137. The SMILES string of the molecule is CC.CC.CC.CC.CCC(C)C.CCC(C)C.CCC(C)C.CCC(C)C.CCC(C)C. The summed E-state index contributed by atoms with van der Waals surface area (Å²) in [5.41, 5.74) is 0. The van der Waals surface area contributed by atoms with E-state index in [1.165, 1.54) is 32.1 Å². The average Bonchev–Trinajstić information content (AvgIpc) is 2.85. The zero-order valence-electron chi connectivity index (χ0n) is 29.4. The summed E-state index contributed by atoms with van der Waals surface area (Å²) < 4.78 is 0. The van der Waals surface area contributed by atoms with Crippen molar-refractivity contribution in [2.45, 2.75) is 191 Å². The van der Waals surface area contributed by atoms with Crippen molar-refractivity contribution in [2.24, 2.45) is 29.6 Å². The molecule has 0 atom stereocenters. The summed E-state index contributed by atoms with van der Waals surface area (Å²) in [6.07, 6.45) is 6.53. The smallest absolute Gasteiger partial charge is 0.0474 e. The summed E-state index contributed by atoms with van der Waals surface area (Å²) in [5, 5.41) is 0. The van der Waals surface area contributed by atoms with Crippen molar-refractivity contribution in [2.75, 3.05) is 0 Å². The van der Waals surface area contributed by atoms with Crippen molar-refractivity contribution >= 4 is 0 Å². The van der Waals surface area contributed by atoms with Crippen LogP contribution in [0.1, 0.15) is 191 Å². The van der Waals surface area contributed by atoms with Crippen LogP contribution in [0.4, 0.5) is 0 Å². The molecule has 0 heteroatoms. The first-order valence-electron chi connectivity index (χ1n) is 15.4. The molecule has 0 saturated carbocycles. The van der Waals surface area contributed by atoms with Gasteiger partial charge in [0.25, 0.3) is 0 Å². The van der Waals surface area contributed by atoms with Gasteiger partial charge < -0.3 is 0 Å². The maximum Gasteiger partial charge on any atom is -0.0474 e. The minimum absolute atomic E-state index is 0.884. The van der Waals surface area contributed by atoms with E-state index in [1.807, 2.05) is 55.4 Å². The highest BCUT2D eigenvalue weighted by Gasteiger charge is 1.81. The van der Waals surface area contributed by atoms with Crippen LogP contribution in [0.3, 0.4) is 0 Å². The molecule has 0 nitrogen and oxygen atoms in total. The first-order chi connectivity index (χ1) is 15.4. The molecule has 0 saturated heterocycles. The van der Waals surface area contributed by atoms with Crippen molar-refractivity contribution in [3.05, 3.63) is 0 Å². The van der Waals surface area contributed by atoms with Gasteiger partial charge in [-0.15, -0.1) is 0 Å². The molecule has 0 heterocycles. The molecule has 0 aromatic carbocycles. The van der Waals surface area contributed by atoms with Gasteiger partial charge in [-0.2, -0.15) is 0 Å². The fraction of sp³-hybridized carbons (Fsp3) is 1.00. The molecule has 0 unspecified atom stereocenters. The topological polar surface area (TPSA) is 0 Å². The highest BCUT2D eigenvalue weighted by Crippen LogP contribution is 1.95. The Labute approximate surface area is 220 Å². The van der Waals surface area contributed by atoms with Gasteiger partial charge in [0, 0.05) is 0 Å². The van der Waals surface area contributed by atoms with Gasteiger partial charge in [0.2, 0.25) is 0 Å². The Morgan fingerprint density at radius 3 is 0.273 bits per heavy atom. The molecule has 0 radical (unpaired) electrons. The Hall–Kier alpha value is 0. The van der Waals surface area contributed by atoms with E-state index >= 15 is 0 Å². The van der Waals surface area contributed by atoms with Crippen LogP contribution in [0.5, 0.6) is 0 Å². The summed E-state index contributed by atoms with van der Waals surface area (Å²) >= 11 is 0. The lowest BCUT2D eigenvalue weighted by atomic mass is 10.2. The van der Waals surface area contributed by atoms with E-state index in [9.17, 15) is 0 Å². The average molecular weight is 481 g/mol. The predicted molar refractivity (Wildman–Crippen MR) is 171 cm³/mol. The summed E-state index contributed by atoms with van der Waals surface area (Å²) in [6.45, 7) is 49.2. The normalized spacial score (nSPS) is 8.00. The lowest BCUT2D eigenvalue weighted by Gasteiger charge is -1.90. The number of hydrogen-bond acceptors (Lipinski definition) is 0. The quantitative estimate of drug-likeness (QED) is 0.367. The lowest BCUT2D eigenvalue weighted by molar-refractivity contribution is 0.626. The minimum atomic E-state index is 0.884. The third-order valence-corrected chi connectivity index (χ3v) is 4.08. The van der Waals surface area contributed by atoms with Crippen molar-refractivity contribution < 1.29 is 0 Å². The summed E-state index contributed by atoms with van der Waals surface area (Å²) in [4.78, 5) is 0. The van der Waals surface area contributed by atoms with Gasteiger partial charge in [0.1, 0.15) is 0 Å². The van der Waals surface area contributed by atoms with Crippen LogP contribution in [-0.2, 0) is 0 Å². The van der Waals surface area contributed by atoms with E-state index in [0.717, 1.165) is 29.6 Å². The van der Waals surface area contributed by atoms with Gasteiger partial charge in [-0.3, -0.25) is 0 Å². The van der Waals surface area contributed by atoms with E-state index in [2.05, 4.69) is 104 Å². The van der Waals surface area contributed by atoms with Crippen LogP contribution in [0, 0.1) is 29.6 Å². The monoisotopic (exact) mass is 481 g/mol. The fourth-order valence-electron chi connectivity index (χ4n) is 0. The molecule has 0 aliphatic carbocycles. The Bertz CT molecular complexity index is 116. The third-order valence-electron chi connectivity index (χ3n) is 4.08. The van der Waals surface area contributed by atoms with Crippen LogP contribution in [0.25, 0.3) is 0 Å². The maximum absolute atomic E-state index is 2.22. The summed E-state index contributed by atoms with van der Waals surface area (Å²) in [7, 11) is 0. The van der Waals surface area contributed by atoms with Crippen LogP contribution in [0.15, 0.2) is 0 Å². The molecule has 0 aromatic heterocycles. The second-order valence-electron chi connectivity index (χ2n) is 9.01. The lowest BCUT2D eigenvalue weighted by Crippen LogP contribution is -1.77. The van der Waals surface area contributed by atoms with Crippen LogP contribution in [0.2, 0.25) is 0 Å². The summed E-state index contributed by atoms with van der Waals surface area (Å²) in [5.74, 6) is 4.42. The van der Waals surface area contributed by atoms with Crippen molar-refractivity contribution in [3.8, 4) is 0 Å². The van der Waals surface area contributed by atoms with Gasteiger partial charge in [-0.1, -0.05) is 191 Å². The van der Waals surface area contributed by atoms with Gasteiger partial charge >= 0.3 is 0 Å². The Morgan fingerprint density at radius 2 is 0.273 bits per heavy atom. The number of rotatable bonds is 5.